The summed E-state index contributed by atoms with van der Waals surface area (Å²) in [6.45, 7) is 10.5. The molecule has 0 aromatic heterocycles. The Hall–Kier alpha value is -0.700. The summed E-state index contributed by atoms with van der Waals surface area (Å²) in [7, 11) is 0. The second-order valence-electron chi connectivity index (χ2n) is 12.6. The number of aliphatic hydroxyl groups is 1. The number of aliphatic imine (C=N–C) groups is 1. The topological polar surface area (TPSA) is 49.7 Å². The number of aliphatic hydroxyl groups excluding tert-OH is 1. The van der Waals surface area contributed by atoms with Gasteiger partial charge in [0.1, 0.15) is 0 Å². The van der Waals surface area contributed by atoms with E-state index in [1.165, 1.54) is 44.9 Å². The number of carbonyl (C=O) groups is 1. The van der Waals surface area contributed by atoms with Gasteiger partial charge in [0, 0.05) is 18.9 Å². The maximum absolute atomic E-state index is 12.8. The zero-order chi connectivity index (χ0) is 21.3. The fourth-order valence-electron chi connectivity index (χ4n) is 9.51. The molecule has 0 radical (unpaired) electrons. The zero-order valence-corrected chi connectivity index (χ0v) is 19.7. The van der Waals surface area contributed by atoms with Gasteiger partial charge in [0.2, 0.25) is 0 Å². The fraction of sp³-hybridized carbons (Fsp3) is 0.926. The van der Waals surface area contributed by atoms with Crippen molar-refractivity contribution in [2.24, 2.45) is 57.2 Å². The molecule has 5 rings (SSSR count). The third-order valence-corrected chi connectivity index (χ3v) is 11.1. The Kier molecular flexibility index (Phi) is 5.24. The maximum atomic E-state index is 12.8. The molecule has 0 aromatic carbocycles. The van der Waals surface area contributed by atoms with Gasteiger partial charge >= 0.3 is 0 Å². The second-order valence-corrected chi connectivity index (χ2v) is 12.6. The number of rotatable bonds is 2. The van der Waals surface area contributed by atoms with Gasteiger partial charge in [-0.05, 0) is 104 Å². The van der Waals surface area contributed by atoms with Gasteiger partial charge in [-0.1, -0.05) is 27.7 Å². The monoisotopic (exact) mass is 413 g/mol. The van der Waals surface area contributed by atoms with Crippen molar-refractivity contribution in [1.29, 1.82) is 0 Å². The van der Waals surface area contributed by atoms with Crippen LogP contribution in [0.25, 0.3) is 0 Å². The summed E-state index contributed by atoms with van der Waals surface area (Å²) in [5.41, 5.74) is 1.76. The number of hydrogen-bond donors (Lipinski definition) is 1. The largest absolute Gasteiger partial charge is 0.393 e. The van der Waals surface area contributed by atoms with Gasteiger partial charge in [-0.3, -0.25) is 9.79 Å². The molecule has 0 amide bonds. The van der Waals surface area contributed by atoms with Crippen LogP contribution in [-0.4, -0.2) is 29.3 Å². The van der Waals surface area contributed by atoms with Crippen LogP contribution in [0.5, 0.6) is 0 Å². The van der Waals surface area contributed by atoms with Crippen molar-refractivity contribution in [2.45, 2.75) is 98.0 Å². The zero-order valence-electron chi connectivity index (χ0n) is 19.7. The molecule has 3 nitrogen and oxygen atoms in total. The summed E-state index contributed by atoms with van der Waals surface area (Å²) >= 11 is 0. The smallest absolute Gasteiger partial charge is 0.177 e. The van der Waals surface area contributed by atoms with Crippen LogP contribution in [0, 0.1) is 52.3 Å². The molecule has 30 heavy (non-hydrogen) atoms. The minimum Gasteiger partial charge on any atom is -0.393 e. The Morgan fingerprint density at radius 2 is 1.73 bits per heavy atom. The lowest BCUT2D eigenvalue weighted by molar-refractivity contribution is -0.128. The molecule has 1 N–H and O–H groups in total. The summed E-state index contributed by atoms with van der Waals surface area (Å²) in [5, 5.41) is 10.3. The minimum atomic E-state index is -0.0540. The van der Waals surface area contributed by atoms with Gasteiger partial charge in [-0.15, -0.1) is 0 Å². The Labute approximate surface area is 183 Å². The van der Waals surface area contributed by atoms with Crippen LogP contribution < -0.4 is 0 Å². The van der Waals surface area contributed by atoms with E-state index in [1.807, 2.05) is 0 Å². The number of nitrogens with zero attached hydrogens (tertiary/aromatic N) is 1. The molecule has 1 heterocycles. The average molecular weight is 414 g/mol. The van der Waals surface area contributed by atoms with E-state index in [-0.39, 0.29) is 6.10 Å². The molecule has 5 aliphatic rings. The first-order valence-corrected chi connectivity index (χ1v) is 13.0. The van der Waals surface area contributed by atoms with Crippen LogP contribution in [0.3, 0.4) is 0 Å². The lowest BCUT2D eigenvalue weighted by atomic mass is 9.44. The molecule has 10 unspecified atom stereocenters. The van der Waals surface area contributed by atoms with E-state index in [4.69, 9.17) is 4.99 Å². The minimum absolute atomic E-state index is 0.0540. The predicted molar refractivity (Wildman–Crippen MR) is 121 cm³/mol. The van der Waals surface area contributed by atoms with E-state index in [9.17, 15) is 9.90 Å². The second kappa shape index (κ2) is 7.42. The summed E-state index contributed by atoms with van der Waals surface area (Å²) in [6, 6.07) is 0. The Morgan fingerprint density at radius 3 is 2.50 bits per heavy atom. The van der Waals surface area contributed by atoms with Gasteiger partial charge in [0.05, 0.1) is 11.8 Å². The molecule has 0 aromatic rings. The van der Waals surface area contributed by atoms with Gasteiger partial charge in [0.15, 0.2) is 5.78 Å². The predicted octanol–water partition coefficient (Wildman–Crippen LogP) is 5.69. The molecule has 3 heteroatoms. The molecular formula is C27H43NO2. The molecule has 4 saturated carbocycles. The summed E-state index contributed by atoms with van der Waals surface area (Å²) in [4.78, 5) is 17.6. The van der Waals surface area contributed by atoms with Gasteiger partial charge in [-0.25, -0.2) is 0 Å². The van der Waals surface area contributed by atoms with Gasteiger partial charge < -0.3 is 5.11 Å². The molecule has 1 aliphatic heterocycles. The number of ketones is 1. The Morgan fingerprint density at radius 1 is 1.00 bits per heavy atom. The number of hydrogen-bond acceptors (Lipinski definition) is 3. The molecular weight excluding hydrogens is 370 g/mol. The van der Waals surface area contributed by atoms with Crippen LogP contribution in [0.2, 0.25) is 0 Å². The van der Waals surface area contributed by atoms with Crippen LogP contribution in [-0.2, 0) is 4.79 Å². The van der Waals surface area contributed by atoms with Crippen LogP contribution in [0.1, 0.15) is 91.9 Å². The third-order valence-electron chi connectivity index (χ3n) is 11.1. The maximum Gasteiger partial charge on any atom is 0.177 e. The van der Waals surface area contributed by atoms with Crippen molar-refractivity contribution >= 4 is 11.5 Å². The van der Waals surface area contributed by atoms with Crippen molar-refractivity contribution < 1.29 is 9.90 Å². The molecule has 0 saturated heterocycles. The van der Waals surface area contributed by atoms with E-state index in [0.717, 1.165) is 48.8 Å². The highest BCUT2D eigenvalue weighted by Gasteiger charge is 2.61. The highest BCUT2D eigenvalue weighted by molar-refractivity contribution is 6.41. The fourth-order valence-corrected chi connectivity index (χ4v) is 9.51. The van der Waals surface area contributed by atoms with Crippen molar-refractivity contribution in [3.8, 4) is 0 Å². The molecule has 10 atom stereocenters. The third kappa shape index (κ3) is 3.08. The Bertz CT molecular complexity index is 730. The summed E-state index contributed by atoms with van der Waals surface area (Å²) < 4.78 is 0. The number of fused-ring (bicyclic) bond motifs is 5. The summed E-state index contributed by atoms with van der Waals surface area (Å²) in [6.07, 6.45) is 12.0. The van der Waals surface area contributed by atoms with Gasteiger partial charge in [-0.2, -0.15) is 0 Å². The molecule has 4 fully saturated rings. The Balaban J connectivity index is 1.37. The first kappa shape index (κ1) is 21.2. The normalized spacial score (nSPS) is 52.1. The SMILES string of the molecule is CC1CN=C(C(C)C2CCC3C4CCC5CC(O)CCC5(C)C4CCC23C)C(=O)C1. The van der Waals surface area contributed by atoms with Crippen molar-refractivity contribution in [1.82, 2.24) is 0 Å². The van der Waals surface area contributed by atoms with E-state index in [1.54, 1.807) is 0 Å². The van der Waals surface area contributed by atoms with E-state index < -0.39 is 0 Å². The number of carbonyl (C=O) groups excluding carboxylic acids is 1. The first-order valence-electron chi connectivity index (χ1n) is 13.0. The van der Waals surface area contributed by atoms with E-state index in [0.29, 0.717) is 40.8 Å². The quantitative estimate of drug-likeness (QED) is 0.632. The highest BCUT2D eigenvalue weighted by atomic mass is 16.3. The van der Waals surface area contributed by atoms with Crippen LogP contribution in [0.15, 0.2) is 4.99 Å². The van der Waals surface area contributed by atoms with E-state index >= 15 is 0 Å². The number of Topliss-reactive ketones (excluding diaryl/α,β-unsaturated/α-hetero) is 1. The van der Waals surface area contributed by atoms with Crippen molar-refractivity contribution in [3.63, 3.8) is 0 Å². The lowest BCUT2D eigenvalue weighted by Crippen LogP contribution is -2.54. The lowest BCUT2D eigenvalue weighted by Gasteiger charge is -2.61. The molecule has 4 aliphatic carbocycles. The molecule has 168 valence electrons. The standard InChI is InChI=1S/C27H43NO2/c1-16-13-24(30)25(28-15-16)17(2)21-7-8-22-20-6-5-18-14-19(29)9-11-26(18,3)23(20)10-12-27(21,22)4/h16-23,29H,5-15H2,1-4H3. The van der Waals surface area contributed by atoms with Crippen molar-refractivity contribution in [2.75, 3.05) is 6.54 Å². The van der Waals surface area contributed by atoms with Crippen molar-refractivity contribution in [3.05, 3.63) is 0 Å². The first-order chi connectivity index (χ1) is 14.2. The molecule has 0 bridgehead atoms. The molecule has 0 spiro atoms. The van der Waals surface area contributed by atoms with Gasteiger partial charge in [0.25, 0.3) is 0 Å². The van der Waals surface area contributed by atoms with E-state index in [2.05, 4.69) is 27.7 Å². The van der Waals surface area contributed by atoms with Crippen LogP contribution in [0.4, 0.5) is 0 Å². The highest BCUT2D eigenvalue weighted by Crippen LogP contribution is 2.68. The van der Waals surface area contributed by atoms with Crippen LogP contribution >= 0.6 is 0 Å². The average Bonchev–Trinajstić information content (AvgIpc) is 3.05. The summed E-state index contributed by atoms with van der Waals surface area (Å²) in [5.74, 6) is 4.97.